The number of hydrogen-bond donors (Lipinski definition) is 1. The Morgan fingerprint density at radius 3 is 2.58 bits per heavy atom. The standard InChI is InChI=1S/C9H12N2O/c1-6-9(5-12)11-8-4-2-3-7(8)10-6/h12H,2-5H2,1H3. The molecule has 0 amide bonds. The van der Waals surface area contributed by atoms with Gasteiger partial charge in [0.1, 0.15) is 0 Å². The second kappa shape index (κ2) is 2.83. The van der Waals surface area contributed by atoms with Crippen LogP contribution < -0.4 is 0 Å². The third-order valence-corrected chi connectivity index (χ3v) is 2.30. The third-order valence-electron chi connectivity index (χ3n) is 2.30. The van der Waals surface area contributed by atoms with Crippen molar-refractivity contribution in [1.82, 2.24) is 9.97 Å². The van der Waals surface area contributed by atoms with E-state index in [-0.39, 0.29) is 6.61 Å². The van der Waals surface area contributed by atoms with Gasteiger partial charge in [0.2, 0.25) is 0 Å². The molecule has 0 saturated heterocycles. The van der Waals surface area contributed by atoms with E-state index >= 15 is 0 Å². The van der Waals surface area contributed by atoms with E-state index in [0.29, 0.717) is 0 Å². The van der Waals surface area contributed by atoms with Crippen molar-refractivity contribution >= 4 is 0 Å². The molecule has 64 valence electrons. The Hall–Kier alpha value is -0.960. The summed E-state index contributed by atoms with van der Waals surface area (Å²) in [5.74, 6) is 0. The number of fused-ring (bicyclic) bond motifs is 1. The first-order valence-corrected chi connectivity index (χ1v) is 4.27. The van der Waals surface area contributed by atoms with E-state index in [1.165, 1.54) is 0 Å². The molecule has 0 bridgehead atoms. The molecule has 0 aliphatic heterocycles. The van der Waals surface area contributed by atoms with E-state index in [2.05, 4.69) is 9.97 Å². The highest BCUT2D eigenvalue weighted by molar-refractivity contribution is 5.22. The van der Waals surface area contributed by atoms with E-state index in [0.717, 1.165) is 42.0 Å². The maximum atomic E-state index is 8.95. The molecule has 0 atom stereocenters. The van der Waals surface area contributed by atoms with Gasteiger partial charge in [0.25, 0.3) is 0 Å². The average molecular weight is 164 g/mol. The highest BCUT2D eigenvalue weighted by Gasteiger charge is 2.15. The Labute approximate surface area is 71.5 Å². The molecular weight excluding hydrogens is 152 g/mol. The van der Waals surface area contributed by atoms with Gasteiger partial charge in [-0.1, -0.05) is 0 Å². The molecule has 0 unspecified atom stereocenters. The molecule has 1 aliphatic rings. The zero-order valence-electron chi connectivity index (χ0n) is 7.17. The molecule has 1 aromatic heterocycles. The van der Waals surface area contributed by atoms with E-state index in [4.69, 9.17) is 5.11 Å². The fourth-order valence-corrected chi connectivity index (χ4v) is 1.61. The fraction of sp³-hybridized carbons (Fsp3) is 0.556. The highest BCUT2D eigenvalue weighted by atomic mass is 16.3. The smallest absolute Gasteiger partial charge is 0.0873 e. The lowest BCUT2D eigenvalue weighted by Gasteiger charge is -2.03. The lowest BCUT2D eigenvalue weighted by molar-refractivity contribution is 0.275. The molecule has 1 aromatic rings. The molecule has 1 N–H and O–H groups in total. The van der Waals surface area contributed by atoms with Crippen molar-refractivity contribution < 1.29 is 5.11 Å². The van der Waals surface area contributed by atoms with Crippen LogP contribution in [0.4, 0.5) is 0 Å². The molecule has 3 heteroatoms. The number of aliphatic hydroxyl groups is 1. The summed E-state index contributed by atoms with van der Waals surface area (Å²) in [4.78, 5) is 8.76. The minimum absolute atomic E-state index is 0.00606. The van der Waals surface area contributed by atoms with Crippen LogP contribution >= 0.6 is 0 Å². The maximum absolute atomic E-state index is 8.95. The monoisotopic (exact) mass is 164 g/mol. The highest BCUT2D eigenvalue weighted by Crippen LogP contribution is 2.19. The number of nitrogens with zero attached hydrogens (tertiary/aromatic N) is 2. The quantitative estimate of drug-likeness (QED) is 0.666. The van der Waals surface area contributed by atoms with Gasteiger partial charge >= 0.3 is 0 Å². The molecule has 1 heterocycles. The number of rotatable bonds is 1. The van der Waals surface area contributed by atoms with Crippen LogP contribution in [0.1, 0.15) is 29.2 Å². The molecule has 12 heavy (non-hydrogen) atoms. The second-order valence-corrected chi connectivity index (χ2v) is 3.16. The Balaban J connectivity index is 2.49. The topological polar surface area (TPSA) is 46.0 Å². The number of hydrogen-bond acceptors (Lipinski definition) is 3. The molecule has 1 aliphatic carbocycles. The van der Waals surface area contributed by atoms with E-state index in [9.17, 15) is 0 Å². The largest absolute Gasteiger partial charge is 0.390 e. The molecule has 3 nitrogen and oxygen atoms in total. The van der Waals surface area contributed by atoms with Gasteiger partial charge in [-0.2, -0.15) is 0 Å². The molecule has 0 aromatic carbocycles. The van der Waals surface area contributed by atoms with Crippen molar-refractivity contribution in [3.63, 3.8) is 0 Å². The predicted octanol–water partition coefficient (Wildman–Crippen LogP) is 0.766. The molecule has 0 saturated carbocycles. The van der Waals surface area contributed by atoms with Crippen LogP contribution in [0.15, 0.2) is 0 Å². The molecular formula is C9H12N2O. The summed E-state index contributed by atoms with van der Waals surface area (Å²) in [6.07, 6.45) is 3.23. The van der Waals surface area contributed by atoms with Gasteiger partial charge in [-0.15, -0.1) is 0 Å². The average Bonchev–Trinajstić information content (AvgIpc) is 2.49. The second-order valence-electron chi connectivity index (χ2n) is 3.16. The van der Waals surface area contributed by atoms with Crippen LogP contribution in [-0.2, 0) is 19.4 Å². The summed E-state index contributed by atoms with van der Waals surface area (Å²) in [5.41, 5.74) is 3.82. The number of aromatic nitrogens is 2. The number of aryl methyl sites for hydroxylation is 3. The molecule has 2 rings (SSSR count). The molecule has 0 fully saturated rings. The summed E-state index contributed by atoms with van der Waals surface area (Å²) >= 11 is 0. The lowest BCUT2D eigenvalue weighted by atomic mass is 10.3. The Bertz CT molecular complexity index is 309. The van der Waals surface area contributed by atoms with Crippen molar-refractivity contribution in [1.29, 1.82) is 0 Å². The zero-order valence-corrected chi connectivity index (χ0v) is 7.17. The zero-order chi connectivity index (χ0) is 8.55. The Morgan fingerprint density at radius 2 is 1.92 bits per heavy atom. The van der Waals surface area contributed by atoms with E-state index in [1.807, 2.05) is 6.92 Å². The van der Waals surface area contributed by atoms with Gasteiger partial charge in [0.05, 0.1) is 29.4 Å². The Kier molecular flexibility index (Phi) is 1.81. The van der Waals surface area contributed by atoms with Gasteiger partial charge in [-0.25, -0.2) is 0 Å². The normalized spacial score (nSPS) is 14.8. The Morgan fingerprint density at radius 1 is 1.25 bits per heavy atom. The first-order valence-electron chi connectivity index (χ1n) is 4.27. The molecule has 0 radical (unpaired) electrons. The van der Waals surface area contributed by atoms with Crippen LogP contribution in [0.5, 0.6) is 0 Å². The van der Waals surface area contributed by atoms with Crippen LogP contribution in [0.2, 0.25) is 0 Å². The van der Waals surface area contributed by atoms with Crippen molar-refractivity contribution in [2.75, 3.05) is 0 Å². The summed E-state index contributed by atoms with van der Waals surface area (Å²) in [5, 5.41) is 8.95. The summed E-state index contributed by atoms with van der Waals surface area (Å²) in [6.45, 7) is 1.91. The van der Waals surface area contributed by atoms with E-state index in [1.54, 1.807) is 0 Å². The summed E-state index contributed by atoms with van der Waals surface area (Å²) < 4.78 is 0. The fourth-order valence-electron chi connectivity index (χ4n) is 1.61. The predicted molar refractivity (Wildman–Crippen MR) is 44.7 cm³/mol. The van der Waals surface area contributed by atoms with Gasteiger partial charge < -0.3 is 5.11 Å². The van der Waals surface area contributed by atoms with Crippen molar-refractivity contribution in [2.45, 2.75) is 32.8 Å². The lowest BCUT2D eigenvalue weighted by Crippen LogP contribution is -2.02. The van der Waals surface area contributed by atoms with Crippen molar-refractivity contribution in [3.05, 3.63) is 22.8 Å². The van der Waals surface area contributed by atoms with Gasteiger partial charge in [0.15, 0.2) is 0 Å². The maximum Gasteiger partial charge on any atom is 0.0873 e. The summed E-state index contributed by atoms with van der Waals surface area (Å²) in [6, 6.07) is 0. The first-order chi connectivity index (χ1) is 5.81. The van der Waals surface area contributed by atoms with Gasteiger partial charge in [-0.3, -0.25) is 9.97 Å². The minimum Gasteiger partial charge on any atom is -0.390 e. The van der Waals surface area contributed by atoms with Crippen LogP contribution in [0.3, 0.4) is 0 Å². The van der Waals surface area contributed by atoms with Crippen LogP contribution in [-0.4, -0.2) is 15.1 Å². The van der Waals surface area contributed by atoms with Crippen LogP contribution in [0.25, 0.3) is 0 Å². The summed E-state index contributed by atoms with van der Waals surface area (Å²) in [7, 11) is 0. The van der Waals surface area contributed by atoms with Gasteiger partial charge in [0, 0.05) is 0 Å². The van der Waals surface area contributed by atoms with Gasteiger partial charge in [-0.05, 0) is 26.2 Å². The SMILES string of the molecule is Cc1nc2c(nc1CO)CCC2. The van der Waals surface area contributed by atoms with Crippen molar-refractivity contribution in [2.24, 2.45) is 0 Å². The van der Waals surface area contributed by atoms with Crippen LogP contribution in [0, 0.1) is 6.92 Å². The molecule has 0 spiro atoms. The number of aliphatic hydroxyl groups excluding tert-OH is 1. The first kappa shape index (κ1) is 7.68. The van der Waals surface area contributed by atoms with Crippen molar-refractivity contribution in [3.8, 4) is 0 Å². The minimum atomic E-state index is 0.00606. The third kappa shape index (κ3) is 1.10. The van der Waals surface area contributed by atoms with E-state index < -0.39 is 0 Å².